The molecular weight excluding hydrogens is 172 g/mol. The van der Waals surface area contributed by atoms with E-state index in [1.54, 1.807) is 0 Å². The predicted molar refractivity (Wildman–Crippen MR) is 58.0 cm³/mol. The molecule has 0 radical (unpaired) electrons. The van der Waals surface area contributed by atoms with E-state index < -0.39 is 0 Å². The van der Waals surface area contributed by atoms with Gasteiger partial charge < -0.3 is 0 Å². The summed E-state index contributed by atoms with van der Waals surface area (Å²) < 4.78 is 0. The van der Waals surface area contributed by atoms with Crippen LogP contribution >= 0.6 is 0 Å². The van der Waals surface area contributed by atoms with Gasteiger partial charge in [0.1, 0.15) is 5.78 Å². The van der Waals surface area contributed by atoms with Gasteiger partial charge in [-0.15, -0.1) is 0 Å². The number of hydrogen-bond donors (Lipinski definition) is 0. The molecule has 2 aliphatic rings. The van der Waals surface area contributed by atoms with Gasteiger partial charge in [-0.05, 0) is 31.1 Å². The Hall–Kier alpha value is -0.330. The molecule has 0 amide bonds. The van der Waals surface area contributed by atoms with Crippen LogP contribution in [0.4, 0.5) is 0 Å². The molecule has 1 nitrogen and oxygen atoms in total. The van der Waals surface area contributed by atoms with Gasteiger partial charge >= 0.3 is 0 Å². The van der Waals surface area contributed by atoms with Crippen LogP contribution in [-0.2, 0) is 4.79 Å². The van der Waals surface area contributed by atoms with Gasteiger partial charge in [-0.2, -0.15) is 0 Å². The standard InChI is InChI=1S/C13H22O/c1-3-6-9(2)13(14)12-10-7-4-5-8-11(10)12/h9-12H,3-8H2,1-2H3. The van der Waals surface area contributed by atoms with E-state index in [2.05, 4.69) is 13.8 Å². The summed E-state index contributed by atoms with van der Waals surface area (Å²) in [5.41, 5.74) is 0. The Balaban J connectivity index is 1.87. The van der Waals surface area contributed by atoms with E-state index in [1.807, 2.05) is 0 Å². The van der Waals surface area contributed by atoms with Crippen LogP contribution in [-0.4, -0.2) is 5.78 Å². The van der Waals surface area contributed by atoms with Crippen molar-refractivity contribution >= 4 is 5.78 Å². The fourth-order valence-corrected chi connectivity index (χ4v) is 3.32. The van der Waals surface area contributed by atoms with Crippen molar-refractivity contribution < 1.29 is 4.79 Å². The van der Waals surface area contributed by atoms with Crippen molar-refractivity contribution in [1.82, 2.24) is 0 Å². The van der Waals surface area contributed by atoms with Crippen LogP contribution in [0.1, 0.15) is 52.4 Å². The summed E-state index contributed by atoms with van der Waals surface area (Å²) in [5.74, 6) is 3.00. The molecule has 14 heavy (non-hydrogen) atoms. The number of hydrogen-bond acceptors (Lipinski definition) is 1. The molecule has 0 aromatic carbocycles. The van der Waals surface area contributed by atoms with Crippen LogP contribution in [0.3, 0.4) is 0 Å². The van der Waals surface area contributed by atoms with Crippen molar-refractivity contribution in [3.63, 3.8) is 0 Å². The normalized spacial score (nSPS) is 37.4. The van der Waals surface area contributed by atoms with E-state index in [0.29, 0.717) is 17.6 Å². The van der Waals surface area contributed by atoms with Crippen molar-refractivity contribution in [2.24, 2.45) is 23.7 Å². The van der Waals surface area contributed by atoms with Crippen LogP contribution in [0.25, 0.3) is 0 Å². The van der Waals surface area contributed by atoms with E-state index in [9.17, 15) is 4.79 Å². The Labute approximate surface area is 87.3 Å². The van der Waals surface area contributed by atoms with Gasteiger partial charge in [0.05, 0.1) is 0 Å². The quantitative estimate of drug-likeness (QED) is 0.670. The molecule has 0 saturated heterocycles. The topological polar surface area (TPSA) is 17.1 Å². The minimum Gasteiger partial charge on any atom is -0.299 e. The van der Waals surface area contributed by atoms with E-state index >= 15 is 0 Å². The summed E-state index contributed by atoms with van der Waals surface area (Å²) in [6.45, 7) is 4.29. The van der Waals surface area contributed by atoms with Gasteiger partial charge in [0, 0.05) is 11.8 Å². The van der Waals surface area contributed by atoms with Crippen LogP contribution in [0.5, 0.6) is 0 Å². The smallest absolute Gasteiger partial charge is 0.139 e. The molecule has 2 aliphatic carbocycles. The maximum absolute atomic E-state index is 12.1. The van der Waals surface area contributed by atoms with Crippen molar-refractivity contribution in [3.8, 4) is 0 Å². The van der Waals surface area contributed by atoms with Crippen LogP contribution in [0.2, 0.25) is 0 Å². The Kier molecular flexibility index (Phi) is 2.94. The monoisotopic (exact) mass is 194 g/mol. The molecule has 0 N–H and O–H groups in total. The van der Waals surface area contributed by atoms with Gasteiger partial charge in [0.25, 0.3) is 0 Å². The van der Waals surface area contributed by atoms with Gasteiger partial charge in [-0.25, -0.2) is 0 Å². The zero-order valence-corrected chi connectivity index (χ0v) is 9.46. The molecule has 3 atom stereocenters. The second-order valence-corrected chi connectivity index (χ2v) is 5.23. The fraction of sp³-hybridized carbons (Fsp3) is 0.923. The molecule has 0 aromatic rings. The highest BCUT2D eigenvalue weighted by Crippen LogP contribution is 2.56. The molecule has 2 rings (SSSR count). The van der Waals surface area contributed by atoms with E-state index in [1.165, 1.54) is 25.7 Å². The van der Waals surface area contributed by atoms with Gasteiger partial charge in [0.2, 0.25) is 0 Å². The first-order valence-corrected chi connectivity index (χ1v) is 6.29. The fourth-order valence-electron chi connectivity index (χ4n) is 3.32. The lowest BCUT2D eigenvalue weighted by Crippen LogP contribution is -2.14. The number of carbonyl (C=O) groups is 1. The first-order valence-electron chi connectivity index (χ1n) is 6.29. The maximum Gasteiger partial charge on any atom is 0.139 e. The average molecular weight is 194 g/mol. The number of rotatable bonds is 4. The molecule has 1 heteroatoms. The molecule has 3 unspecified atom stereocenters. The summed E-state index contributed by atoms with van der Waals surface area (Å²) in [5, 5.41) is 0. The summed E-state index contributed by atoms with van der Waals surface area (Å²) in [6.07, 6.45) is 7.64. The lowest BCUT2D eigenvalue weighted by atomic mass is 9.96. The average Bonchev–Trinajstić information content (AvgIpc) is 2.91. The molecule has 2 saturated carbocycles. The van der Waals surface area contributed by atoms with Crippen LogP contribution in [0, 0.1) is 23.7 Å². The first-order chi connectivity index (χ1) is 6.75. The number of carbonyl (C=O) groups excluding carboxylic acids is 1. The summed E-state index contributed by atoms with van der Waals surface area (Å²) in [4.78, 5) is 12.1. The third kappa shape index (κ3) is 1.74. The molecule has 2 fully saturated rings. The van der Waals surface area contributed by atoms with Crippen LogP contribution < -0.4 is 0 Å². The van der Waals surface area contributed by atoms with Gasteiger partial charge in [-0.3, -0.25) is 4.79 Å². The summed E-state index contributed by atoms with van der Waals surface area (Å²) in [7, 11) is 0. The summed E-state index contributed by atoms with van der Waals surface area (Å²) >= 11 is 0. The zero-order valence-electron chi connectivity index (χ0n) is 9.46. The SMILES string of the molecule is CCCC(C)C(=O)C1C2CCCCC21. The second-order valence-electron chi connectivity index (χ2n) is 5.23. The zero-order chi connectivity index (χ0) is 10.1. The largest absolute Gasteiger partial charge is 0.299 e. The third-order valence-electron chi connectivity index (χ3n) is 4.19. The molecule has 0 spiro atoms. The van der Waals surface area contributed by atoms with Gasteiger partial charge in [0.15, 0.2) is 0 Å². The minimum absolute atomic E-state index is 0.329. The molecule has 0 bridgehead atoms. The second kappa shape index (κ2) is 4.04. The highest BCUT2D eigenvalue weighted by Gasteiger charge is 2.54. The first kappa shape index (κ1) is 10.2. The van der Waals surface area contributed by atoms with Gasteiger partial charge in [-0.1, -0.05) is 33.1 Å². The molecule has 80 valence electrons. The van der Waals surface area contributed by atoms with E-state index in [4.69, 9.17) is 0 Å². The Bertz CT molecular complexity index is 209. The van der Waals surface area contributed by atoms with Crippen molar-refractivity contribution in [2.45, 2.75) is 52.4 Å². The molecule has 0 aromatic heterocycles. The predicted octanol–water partition coefficient (Wildman–Crippen LogP) is 3.43. The Morgan fingerprint density at radius 2 is 1.86 bits per heavy atom. The minimum atomic E-state index is 0.329. The maximum atomic E-state index is 12.1. The van der Waals surface area contributed by atoms with E-state index in [0.717, 1.165) is 24.7 Å². The lowest BCUT2D eigenvalue weighted by Gasteiger charge is -2.07. The summed E-state index contributed by atoms with van der Waals surface area (Å²) in [6, 6.07) is 0. The van der Waals surface area contributed by atoms with Crippen LogP contribution in [0.15, 0.2) is 0 Å². The van der Waals surface area contributed by atoms with Crippen molar-refractivity contribution in [2.75, 3.05) is 0 Å². The van der Waals surface area contributed by atoms with Crippen molar-refractivity contribution in [3.05, 3.63) is 0 Å². The number of fused-ring (bicyclic) bond motifs is 1. The highest BCUT2D eigenvalue weighted by molar-refractivity contribution is 5.86. The Morgan fingerprint density at radius 1 is 1.29 bits per heavy atom. The molecule has 0 aliphatic heterocycles. The molecule has 0 heterocycles. The third-order valence-corrected chi connectivity index (χ3v) is 4.19. The Morgan fingerprint density at radius 3 is 2.36 bits per heavy atom. The van der Waals surface area contributed by atoms with E-state index in [-0.39, 0.29) is 0 Å². The number of Topliss-reactive ketones (excluding diaryl/α,β-unsaturated/α-hetero) is 1. The highest BCUT2D eigenvalue weighted by atomic mass is 16.1. The lowest BCUT2D eigenvalue weighted by molar-refractivity contribution is -0.124. The van der Waals surface area contributed by atoms with Crippen molar-refractivity contribution in [1.29, 1.82) is 0 Å². The molecular formula is C13H22O. The number of ketones is 1.